The number of nitrogens with zero attached hydrogens (tertiary/aromatic N) is 2. The fourth-order valence-electron chi connectivity index (χ4n) is 4.63. The molecule has 39 heavy (non-hydrogen) atoms. The summed E-state index contributed by atoms with van der Waals surface area (Å²) < 4.78 is 43.3. The lowest BCUT2D eigenvalue weighted by molar-refractivity contribution is 0.102. The molecule has 0 bridgehead atoms. The second-order valence-corrected chi connectivity index (χ2v) is 10.00. The van der Waals surface area contributed by atoms with Crippen molar-refractivity contribution in [3.63, 3.8) is 0 Å². The van der Waals surface area contributed by atoms with Gasteiger partial charge in [0, 0.05) is 16.8 Å². The second-order valence-electron chi connectivity index (χ2n) is 9.17. The molecule has 1 unspecified atom stereocenters. The van der Waals surface area contributed by atoms with Crippen molar-refractivity contribution in [1.29, 1.82) is 0 Å². The number of nitrogens with one attached hydrogen (secondary N) is 1. The SMILES string of the molecule is CSc1cc(-c2cc(NC(=O)c3ccc(F)c(C)c3)ccc2C)c2c(n1)C(c1c(F)cccc1F)N([O-])C=C2. The van der Waals surface area contributed by atoms with E-state index in [2.05, 4.69) is 10.3 Å². The summed E-state index contributed by atoms with van der Waals surface area (Å²) in [5.41, 5.74) is 3.90. The number of halogens is 3. The van der Waals surface area contributed by atoms with E-state index in [9.17, 15) is 23.2 Å². The van der Waals surface area contributed by atoms with Crippen LogP contribution in [0.1, 0.15) is 44.3 Å². The molecule has 1 aliphatic rings. The number of carbonyl (C=O) groups is 1. The van der Waals surface area contributed by atoms with Crippen molar-refractivity contribution in [2.75, 3.05) is 11.6 Å². The van der Waals surface area contributed by atoms with Crippen molar-refractivity contribution >= 4 is 29.4 Å². The smallest absolute Gasteiger partial charge is 0.255 e. The van der Waals surface area contributed by atoms with E-state index in [4.69, 9.17) is 0 Å². The molecular formula is C30H23F3N3O2S-. The Kier molecular flexibility index (Phi) is 7.20. The van der Waals surface area contributed by atoms with Gasteiger partial charge in [-0.2, -0.15) is 0 Å². The van der Waals surface area contributed by atoms with Crippen LogP contribution in [-0.2, 0) is 0 Å². The van der Waals surface area contributed by atoms with E-state index >= 15 is 0 Å². The van der Waals surface area contributed by atoms with E-state index in [1.54, 1.807) is 25.1 Å². The number of thioether (sulfide) groups is 1. The van der Waals surface area contributed by atoms with E-state index in [0.717, 1.165) is 23.3 Å². The summed E-state index contributed by atoms with van der Waals surface area (Å²) >= 11 is 1.33. The van der Waals surface area contributed by atoms with Crippen LogP contribution in [0, 0.1) is 36.5 Å². The average Bonchev–Trinajstić information content (AvgIpc) is 2.91. The Morgan fingerprint density at radius 1 is 0.949 bits per heavy atom. The number of amides is 1. The average molecular weight is 547 g/mol. The minimum atomic E-state index is -1.32. The van der Waals surface area contributed by atoms with Gasteiger partial charge >= 0.3 is 0 Å². The maximum absolute atomic E-state index is 14.8. The molecule has 0 saturated heterocycles. The van der Waals surface area contributed by atoms with E-state index in [-0.39, 0.29) is 11.3 Å². The zero-order valence-electron chi connectivity index (χ0n) is 21.3. The molecular weight excluding hydrogens is 523 g/mol. The molecule has 1 atom stereocenters. The third-order valence-corrected chi connectivity index (χ3v) is 7.28. The first-order valence-corrected chi connectivity index (χ1v) is 13.3. The monoisotopic (exact) mass is 546 g/mol. The third-order valence-electron chi connectivity index (χ3n) is 6.65. The molecule has 0 aliphatic carbocycles. The lowest BCUT2D eigenvalue weighted by atomic mass is 9.89. The molecule has 1 aromatic heterocycles. The molecule has 9 heteroatoms. The second kappa shape index (κ2) is 10.6. The number of carbonyl (C=O) groups excluding carboxylic acids is 1. The van der Waals surface area contributed by atoms with Gasteiger partial charge in [-0.3, -0.25) is 4.79 Å². The lowest BCUT2D eigenvalue weighted by Crippen LogP contribution is -2.26. The largest absolute Gasteiger partial charge is 0.758 e. The predicted molar refractivity (Wildman–Crippen MR) is 148 cm³/mol. The van der Waals surface area contributed by atoms with Crippen LogP contribution in [0.15, 0.2) is 71.9 Å². The minimum Gasteiger partial charge on any atom is -0.758 e. The number of rotatable bonds is 5. The first-order valence-electron chi connectivity index (χ1n) is 12.0. The molecule has 5 rings (SSSR count). The molecule has 1 N–H and O–H groups in total. The maximum Gasteiger partial charge on any atom is 0.255 e. The summed E-state index contributed by atoms with van der Waals surface area (Å²) in [4.78, 5) is 17.5. The van der Waals surface area contributed by atoms with Crippen molar-refractivity contribution in [1.82, 2.24) is 10.0 Å². The van der Waals surface area contributed by atoms with E-state index in [1.165, 1.54) is 42.2 Å². The zero-order chi connectivity index (χ0) is 27.8. The van der Waals surface area contributed by atoms with Gasteiger partial charge in [0.15, 0.2) is 0 Å². The van der Waals surface area contributed by atoms with Gasteiger partial charge in [-0.25, -0.2) is 18.2 Å². The van der Waals surface area contributed by atoms with Gasteiger partial charge < -0.3 is 15.6 Å². The Labute approximate surface area is 228 Å². The van der Waals surface area contributed by atoms with Gasteiger partial charge in [0.25, 0.3) is 5.91 Å². The van der Waals surface area contributed by atoms with Gasteiger partial charge in [0.1, 0.15) is 17.5 Å². The Morgan fingerprint density at radius 2 is 1.69 bits per heavy atom. The predicted octanol–water partition coefficient (Wildman–Crippen LogP) is 7.63. The molecule has 1 aliphatic heterocycles. The highest BCUT2D eigenvalue weighted by atomic mass is 32.2. The highest BCUT2D eigenvalue weighted by Crippen LogP contribution is 2.42. The fourth-order valence-corrected chi connectivity index (χ4v) is 5.06. The molecule has 198 valence electrons. The van der Waals surface area contributed by atoms with Gasteiger partial charge in [-0.05, 0) is 103 Å². The minimum absolute atomic E-state index is 0.231. The molecule has 5 nitrogen and oxygen atoms in total. The van der Waals surface area contributed by atoms with Crippen LogP contribution in [0.2, 0.25) is 0 Å². The summed E-state index contributed by atoms with van der Waals surface area (Å²) in [6.45, 7) is 3.49. The maximum atomic E-state index is 14.8. The Balaban J connectivity index is 1.61. The van der Waals surface area contributed by atoms with Crippen molar-refractivity contribution in [2.45, 2.75) is 24.9 Å². The Morgan fingerprint density at radius 3 is 2.38 bits per heavy atom. The van der Waals surface area contributed by atoms with Gasteiger partial charge in [-0.1, -0.05) is 12.1 Å². The topological polar surface area (TPSA) is 68.3 Å². The number of aromatic nitrogens is 1. The molecule has 4 aromatic rings. The Hall–Kier alpha value is -4.08. The first-order chi connectivity index (χ1) is 18.7. The standard InChI is InChI=1S/C30H23F3N3O2S/c1-16-7-9-19(34-30(37)18-8-10-23(31)17(2)13-18)14-21(16)22-15-26(39-3)35-28-20(22)11-12-36(38)29(28)27-24(32)5-4-6-25(27)33/h4-15,29H,1-3H3,(H,34,37)/q-1. The number of aryl methyl sites for hydroxylation is 2. The summed E-state index contributed by atoms with van der Waals surface area (Å²) in [5, 5.41) is 16.8. The highest BCUT2D eigenvalue weighted by Gasteiger charge is 2.30. The van der Waals surface area contributed by atoms with Crippen LogP contribution in [0.25, 0.3) is 17.2 Å². The number of pyridine rings is 1. The third kappa shape index (κ3) is 5.03. The van der Waals surface area contributed by atoms with E-state index in [1.807, 2.05) is 25.3 Å². The number of hydrogen-bond donors (Lipinski definition) is 1. The molecule has 0 saturated carbocycles. The summed E-state index contributed by atoms with van der Waals surface area (Å²) in [6.07, 6.45) is 4.63. The normalized spacial score (nSPS) is 14.3. The summed E-state index contributed by atoms with van der Waals surface area (Å²) in [5.74, 6) is -2.46. The van der Waals surface area contributed by atoms with Crippen molar-refractivity contribution in [3.05, 3.63) is 123 Å². The van der Waals surface area contributed by atoms with Gasteiger partial charge in [0.05, 0.1) is 22.3 Å². The van der Waals surface area contributed by atoms with Crippen LogP contribution < -0.4 is 5.32 Å². The van der Waals surface area contributed by atoms with Crippen LogP contribution >= 0.6 is 11.8 Å². The zero-order valence-corrected chi connectivity index (χ0v) is 22.1. The van der Waals surface area contributed by atoms with Gasteiger partial charge in [-0.15, -0.1) is 11.8 Å². The molecule has 3 aromatic carbocycles. The van der Waals surface area contributed by atoms with Crippen LogP contribution in [0.5, 0.6) is 0 Å². The number of anilines is 1. The van der Waals surface area contributed by atoms with E-state index < -0.39 is 29.4 Å². The summed E-state index contributed by atoms with van der Waals surface area (Å²) in [7, 11) is 0. The van der Waals surface area contributed by atoms with Crippen LogP contribution in [-0.4, -0.2) is 22.2 Å². The molecule has 2 heterocycles. The van der Waals surface area contributed by atoms with Crippen molar-refractivity contribution < 1.29 is 18.0 Å². The molecule has 1 amide bonds. The lowest BCUT2D eigenvalue weighted by Gasteiger charge is -2.40. The number of benzene rings is 3. The van der Waals surface area contributed by atoms with Crippen LogP contribution in [0.3, 0.4) is 0 Å². The Bertz CT molecular complexity index is 1620. The fraction of sp³-hybridized carbons (Fsp3) is 0.133. The summed E-state index contributed by atoms with van der Waals surface area (Å²) in [6, 6.07) is 13.5. The number of hydroxylamine groups is 2. The van der Waals surface area contributed by atoms with Gasteiger partial charge in [0.2, 0.25) is 0 Å². The van der Waals surface area contributed by atoms with Crippen LogP contribution in [0.4, 0.5) is 18.9 Å². The van der Waals surface area contributed by atoms with Crippen molar-refractivity contribution in [2.24, 2.45) is 0 Å². The quantitative estimate of drug-likeness (QED) is 0.261. The van der Waals surface area contributed by atoms with Crippen molar-refractivity contribution in [3.8, 4) is 11.1 Å². The molecule has 0 fully saturated rings. The molecule has 0 radical (unpaired) electrons. The highest BCUT2D eigenvalue weighted by molar-refractivity contribution is 7.98. The number of hydrogen-bond acceptors (Lipinski definition) is 5. The first kappa shape index (κ1) is 26.5. The van der Waals surface area contributed by atoms with E-state index in [0.29, 0.717) is 38.0 Å². The number of fused-ring (bicyclic) bond motifs is 1. The molecule has 0 spiro atoms.